The Hall–Kier alpha value is -1.60. The molecule has 0 aromatic heterocycles. The van der Waals surface area contributed by atoms with Gasteiger partial charge in [-0.1, -0.05) is 67.6 Å². The van der Waals surface area contributed by atoms with Crippen LogP contribution in [0.15, 0.2) is 60.7 Å². The van der Waals surface area contributed by atoms with Gasteiger partial charge in [0.05, 0.1) is 6.10 Å². The monoisotopic (exact) mass is 228 g/mol. The molecule has 0 aliphatic heterocycles. The molecule has 1 unspecified atom stereocenters. The zero-order valence-electron chi connectivity index (χ0n) is 10.5. The molecular weight excluding hydrogens is 208 g/mol. The summed E-state index contributed by atoms with van der Waals surface area (Å²) in [6.45, 7) is 3.92. The van der Waals surface area contributed by atoms with E-state index in [1.807, 2.05) is 36.4 Å². The average Bonchev–Trinajstić information content (AvgIpc) is 2.41. The molecule has 1 atom stereocenters. The van der Waals surface area contributed by atoms with Crippen LogP contribution in [0.25, 0.3) is 0 Å². The Bertz CT molecular complexity index is 392. The summed E-state index contributed by atoms with van der Waals surface area (Å²) in [7, 11) is 0. The smallest absolute Gasteiger partial charge is 0.0761 e. The van der Waals surface area contributed by atoms with Crippen molar-refractivity contribution < 1.29 is 5.11 Å². The van der Waals surface area contributed by atoms with Gasteiger partial charge in [-0.05, 0) is 24.5 Å². The Morgan fingerprint density at radius 1 is 0.882 bits per heavy atom. The van der Waals surface area contributed by atoms with Crippen molar-refractivity contribution in [2.45, 2.75) is 26.4 Å². The van der Waals surface area contributed by atoms with Crippen LogP contribution in [0.2, 0.25) is 0 Å². The molecule has 0 saturated heterocycles. The van der Waals surface area contributed by atoms with Crippen molar-refractivity contribution in [3.8, 4) is 0 Å². The Labute approximate surface area is 104 Å². The molecule has 1 heteroatoms. The normalized spacial score (nSPS) is 11.2. The van der Waals surface area contributed by atoms with Crippen molar-refractivity contribution >= 4 is 0 Å². The van der Waals surface area contributed by atoms with Crippen LogP contribution < -0.4 is 0 Å². The van der Waals surface area contributed by atoms with Gasteiger partial charge in [-0.25, -0.2) is 0 Å². The minimum atomic E-state index is -0.341. The minimum Gasteiger partial charge on any atom is -0.389 e. The second-order valence-corrected chi connectivity index (χ2v) is 3.93. The van der Waals surface area contributed by atoms with Crippen LogP contribution in [0.4, 0.5) is 0 Å². The number of hydrogen-bond acceptors (Lipinski definition) is 1. The van der Waals surface area contributed by atoms with Crippen LogP contribution in [0.1, 0.15) is 31.1 Å². The van der Waals surface area contributed by atoms with Gasteiger partial charge >= 0.3 is 0 Å². The van der Waals surface area contributed by atoms with E-state index in [1.54, 1.807) is 6.92 Å². The summed E-state index contributed by atoms with van der Waals surface area (Å²) in [4.78, 5) is 0. The SMILES string of the molecule is CC(O)c1ccccc1.CCc1ccccc1. The Kier molecular flexibility index (Phi) is 6.05. The van der Waals surface area contributed by atoms with Crippen LogP contribution in [0.5, 0.6) is 0 Å². The third-order valence-corrected chi connectivity index (χ3v) is 2.53. The first kappa shape index (κ1) is 13.5. The fourth-order valence-electron chi connectivity index (χ4n) is 1.45. The molecule has 1 nitrogen and oxygen atoms in total. The molecule has 2 aromatic carbocycles. The molecule has 0 heterocycles. The molecule has 0 saturated carbocycles. The van der Waals surface area contributed by atoms with Gasteiger partial charge < -0.3 is 5.11 Å². The fraction of sp³-hybridized carbons (Fsp3) is 0.250. The highest BCUT2D eigenvalue weighted by atomic mass is 16.3. The summed E-state index contributed by atoms with van der Waals surface area (Å²) >= 11 is 0. The Morgan fingerprint density at radius 3 is 1.65 bits per heavy atom. The average molecular weight is 228 g/mol. The third kappa shape index (κ3) is 5.32. The molecule has 2 aromatic rings. The molecule has 2 rings (SSSR count). The standard InChI is InChI=1S/C8H10O.C8H10/c1-7(9)8-5-3-2-4-6-8;1-2-8-6-4-3-5-7-8/h2-7,9H,1H3;3-7H,2H2,1H3. The molecule has 0 fully saturated rings. The molecule has 0 amide bonds. The van der Waals surface area contributed by atoms with E-state index in [2.05, 4.69) is 31.2 Å². The highest BCUT2D eigenvalue weighted by molar-refractivity contribution is 5.16. The van der Waals surface area contributed by atoms with E-state index >= 15 is 0 Å². The lowest BCUT2D eigenvalue weighted by atomic mass is 10.1. The Balaban J connectivity index is 0.000000171. The van der Waals surface area contributed by atoms with E-state index in [4.69, 9.17) is 5.11 Å². The van der Waals surface area contributed by atoms with Crippen molar-refractivity contribution in [1.29, 1.82) is 0 Å². The van der Waals surface area contributed by atoms with Gasteiger partial charge in [0.15, 0.2) is 0 Å². The van der Waals surface area contributed by atoms with Gasteiger partial charge in [-0.2, -0.15) is 0 Å². The topological polar surface area (TPSA) is 20.2 Å². The first-order valence-electron chi connectivity index (χ1n) is 6.01. The van der Waals surface area contributed by atoms with Gasteiger partial charge in [0.1, 0.15) is 0 Å². The summed E-state index contributed by atoms with van der Waals surface area (Å²) in [5.74, 6) is 0. The maximum atomic E-state index is 9.02. The van der Waals surface area contributed by atoms with Crippen LogP contribution in [0, 0.1) is 0 Å². The first-order valence-corrected chi connectivity index (χ1v) is 6.01. The number of hydrogen-bond donors (Lipinski definition) is 1. The zero-order chi connectivity index (χ0) is 12.5. The summed E-state index contributed by atoms with van der Waals surface area (Å²) < 4.78 is 0. The lowest BCUT2D eigenvalue weighted by Crippen LogP contribution is -1.87. The molecule has 0 aliphatic carbocycles. The van der Waals surface area contributed by atoms with Crippen molar-refractivity contribution in [3.63, 3.8) is 0 Å². The maximum Gasteiger partial charge on any atom is 0.0761 e. The first-order chi connectivity index (χ1) is 8.24. The quantitative estimate of drug-likeness (QED) is 0.824. The molecule has 90 valence electrons. The zero-order valence-corrected chi connectivity index (χ0v) is 10.5. The molecule has 1 N–H and O–H groups in total. The molecular formula is C16H20O. The van der Waals surface area contributed by atoms with Crippen molar-refractivity contribution in [3.05, 3.63) is 71.8 Å². The third-order valence-electron chi connectivity index (χ3n) is 2.53. The van der Waals surface area contributed by atoms with Crippen LogP contribution in [0.3, 0.4) is 0 Å². The number of aliphatic hydroxyl groups excluding tert-OH is 1. The van der Waals surface area contributed by atoms with Gasteiger partial charge in [0.25, 0.3) is 0 Å². The van der Waals surface area contributed by atoms with Crippen molar-refractivity contribution in [2.24, 2.45) is 0 Å². The number of rotatable bonds is 2. The fourth-order valence-corrected chi connectivity index (χ4v) is 1.45. The van der Waals surface area contributed by atoms with E-state index in [0.717, 1.165) is 12.0 Å². The molecule has 0 radical (unpaired) electrons. The number of benzene rings is 2. The van der Waals surface area contributed by atoms with E-state index < -0.39 is 0 Å². The largest absolute Gasteiger partial charge is 0.389 e. The highest BCUT2D eigenvalue weighted by Gasteiger charge is 1.95. The van der Waals surface area contributed by atoms with E-state index in [9.17, 15) is 0 Å². The summed E-state index contributed by atoms with van der Waals surface area (Å²) in [6, 6.07) is 20.0. The van der Waals surface area contributed by atoms with Crippen molar-refractivity contribution in [1.82, 2.24) is 0 Å². The minimum absolute atomic E-state index is 0.341. The molecule has 17 heavy (non-hydrogen) atoms. The summed E-state index contributed by atoms with van der Waals surface area (Å²) in [5.41, 5.74) is 2.38. The van der Waals surface area contributed by atoms with E-state index in [1.165, 1.54) is 5.56 Å². The molecule has 0 aliphatic rings. The van der Waals surface area contributed by atoms with Crippen LogP contribution >= 0.6 is 0 Å². The highest BCUT2D eigenvalue weighted by Crippen LogP contribution is 2.09. The molecule has 0 spiro atoms. The predicted octanol–water partition coefficient (Wildman–Crippen LogP) is 3.99. The number of aryl methyl sites for hydroxylation is 1. The Morgan fingerprint density at radius 2 is 1.35 bits per heavy atom. The van der Waals surface area contributed by atoms with Crippen molar-refractivity contribution in [2.75, 3.05) is 0 Å². The molecule has 0 bridgehead atoms. The summed E-state index contributed by atoms with van der Waals surface area (Å²) in [5, 5.41) is 9.02. The van der Waals surface area contributed by atoms with Gasteiger partial charge in [0.2, 0.25) is 0 Å². The predicted molar refractivity (Wildman–Crippen MR) is 72.9 cm³/mol. The van der Waals surface area contributed by atoms with Crippen LogP contribution in [-0.2, 0) is 6.42 Å². The summed E-state index contributed by atoms with van der Waals surface area (Å²) in [6.07, 6.45) is 0.798. The van der Waals surface area contributed by atoms with Gasteiger partial charge in [-0.15, -0.1) is 0 Å². The lowest BCUT2D eigenvalue weighted by Gasteiger charge is -2.00. The lowest BCUT2D eigenvalue weighted by molar-refractivity contribution is 0.199. The van der Waals surface area contributed by atoms with E-state index in [-0.39, 0.29) is 6.10 Å². The van der Waals surface area contributed by atoms with Gasteiger partial charge in [0, 0.05) is 0 Å². The maximum absolute atomic E-state index is 9.02. The second kappa shape index (κ2) is 7.64. The van der Waals surface area contributed by atoms with Gasteiger partial charge in [-0.3, -0.25) is 0 Å². The van der Waals surface area contributed by atoms with E-state index in [0.29, 0.717) is 0 Å². The number of aliphatic hydroxyl groups is 1. The van der Waals surface area contributed by atoms with Crippen LogP contribution in [-0.4, -0.2) is 5.11 Å². The second-order valence-electron chi connectivity index (χ2n) is 3.93.